The predicted octanol–water partition coefficient (Wildman–Crippen LogP) is 2.36. The smallest absolute Gasteiger partial charge is 0.241 e. The van der Waals surface area contributed by atoms with Gasteiger partial charge in [-0.25, -0.2) is 0 Å². The summed E-state index contributed by atoms with van der Waals surface area (Å²) < 4.78 is 0. The third kappa shape index (κ3) is 3.19. The van der Waals surface area contributed by atoms with Crippen molar-refractivity contribution in [1.82, 2.24) is 15.1 Å². The van der Waals surface area contributed by atoms with Crippen molar-refractivity contribution in [2.75, 3.05) is 19.6 Å². The molecule has 2 aliphatic heterocycles. The molecule has 0 bridgehead atoms. The molecule has 0 aromatic rings. The second kappa shape index (κ2) is 7.03. The Morgan fingerprint density at radius 2 is 1.88 bits per heavy atom. The predicted molar refractivity (Wildman–Crippen MR) is 94.3 cm³/mol. The van der Waals surface area contributed by atoms with Crippen LogP contribution in [0.3, 0.4) is 0 Å². The Balaban J connectivity index is 1.64. The molecule has 1 saturated carbocycles. The van der Waals surface area contributed by atoms with Gasteiger partial charge in [0.15, 0.2) is 0 Å². The molecule has 2 saturated heterocycles. The van der Waals surface area contributed by atoms with Crippen molar-refractivity contribution in [3.8, 4) is 0 Å². The Hall–Kier alpha value is -1.10. The highest BCUT2D eigenvalue weighted by Gasteiger charge is 2.51. The first-order valence-corrected chi connectivity index (χ1v) is 9.85. The van der Waals surface area contributed by atoms with Gasteiger partial charge in [-0.1, -0.05) is 26.7 Å². The summed E-state index contributed by atoms with van der Waals surface area (Å²) >= 11 is 0. The fourth-order valence-corrected chi connectivity index (χ4v) is 4.89. The highest BCUT2D eigenvalue weighted by Crippen LogP contribution is 2.35. The molecular formula is C19H33N3O2. The van der Waals surface area contributed by atoms with Crippen molar-refractivity contribution in [1.29, 1.82) is 0 Å². The van der Waals surface area contributed by atoms with Crippen LogP contribution in [0.1, 0.15) is 65.7 Å². The number of hydrogen-bond acceptors (Lipinski definition) is 3. The van der Waals surface area contributed by atoms with Gasteiger partial charge < -0.3 is 9.80 Å². The van der Waals surface area contributed by atoms with Crippen molar-refractivity contribution in [3.05, 3.63) is 0 Å². The van der Waals surface area contributed by atoms with E-state index in [0.29, 0.717) is 11.8 Å². The van der Waals surface area contributed by atoms with Crippen LogP contribution in [0.15, 0.2) is 0 Å². The van der Waals surface area contributed by atoms with Gasteiger partial charge in [-0.15, -0.1) is 0 Å². The Kier molecular flexibility index (Phi) is 5.19. The molecule has 0 aromatic carbocycles. The largest absolute Gasteiger partial charge is 0.342 e. The van der Waals surface area contributed by atoms with E-state index in [1.165, 1.54) is 12.8 Å². The average Bonchev–Trinajstić information content (AvgIpc) is 3.15. The van der Waals surface area contributed by atoms with E-state index < -0.39 is 0 Å². The van der Waals surface area contributed by atoms with E-state index in [9.17, 15) is 9.59 Å². The van der Waals surface area contributed by atoms with E-state index in [4.69, 9.17) is 0 Å². The van der Waals surface area contributed by atoms with Crippen LogP contribution in [0, 0.1) is 11.8 Å². The third-order valence-electron chi connectivity index (χ3n) is 6.15. The van der Waals surface area contributed by atoms with Gasteiger partial charge in [0.25, 0.3) is 0 Å². The Morgan fingerprint density at radius 1 is 1.25 bits per heavy atom. The molecule has 3 aliphatic rings. The zero-order chi connectivity index (χ0) is 17.3. The van der Waals surface area contributed by atoms with Crippen LogP contribution in [-0.2, 0) is 9.59 Å². The summed E-state index contributed by atoms with van der Waals surface area (Å²) in [5, 5.41) is 3.66. The molecule has 5 nitrogen and oxygen atoms in total. The topological polar surface area (TPSA) is 52.7 Å². The van der Waals surface area contributed by atoms with Crippen LogP contribution < -0.4 is 5.32 Å². The van der Waals surface area contributed by atoms with E-state index in [1.54, 1.807) is 0 Å². The lowest BCUT2D eigenvalue weighted by molar-refractivity contribution is -0.139. The summed E-state index contributed by atoms with van der Waals surface area (Å²) in [5.74, 6) is 1.37. The van der Waals surface area contributed by atoms with E-state index >= 15 is 0 Å². The molecule has 5 heteroatoms. The molecular weight excluding hydrogens is 302 g/mol. The molecule has 0 aromatic heterocycles. The van der Waals surface area contributed by atoms with Gasteiger partial charge >= 0.3 is 0 Å². The van der Waals surface area contributed by atoms with Crippen LogP contribution >= 0.6 is 0 Å². The minimum atomic E-state index is -0.224. The zero-order valence-corrected chi connectivity index (χ0v) is 15.5. The fraction of sp³-hybridized carbons (Fsp3) is 0.895. The van der Waals surface area contributed by atoms with Gasteiger partial charge in [0.2, 0.25) is 11.8 Å². The van der Waals surface area contributed by atoms with E-state index in [0.717, 1.165) is 51.7 Å². The van der Waals surface area contributed by atoms with E-state index in [-0.39, 0.29) is 23.5 Å². The number of likely N-dealkylation sites (tertiary alicyclic amines) is 1. The molecule has 2 amide bonds. The summed E-state index contributed by atoms with van der Waals surface area (Å²) in [7, 11) is 0. The number of nitrogens with zero attached hydrogens (tertiary/aromatic N) is 2. The van der Waals surface area contributed by atoms with Gasteiger partial charge in [-0.05, 0) is 32.1 Å². The lowest BCUT2D eigenvalue weighted by atomic mass is 9.94. The lowest BCUT2D eigenvalue weighted by Gasteiger charge is -2.45. The lowest BCUT2D eigenvalue weighted by Crippen LogP contribution is -2.59. The number of nitrogens with one attached hydrogen (secondary N) is 1. The Labute approximate surface area is 146 Å². The maximum absolute atomic E-state index is 12.8. The molecule has 24 heavy (non-hydrogen) atoms. The number of hydrogen-bond donors (Lipinski definition) is 1. The van der Waals surface area contributed by atoms with E-state index in [2.05, 4.69) is 31.0 Å². The molecule has 1 aliphatic carbocycles. The van der Waals surface area contributed by atoms with Crippen LogP contribution in [0.4, 0.5) is 0 Å². The molecule has 1 spiro atoms. The quantitative estimate of drug-likeness (QED) is 0.858. The first-order valence-electron chi connectivity index (χ1n) is 9.85. The first-order chi connectivity index (χ1) is 11.5. The maximum atomic E-state index is 12.8. The van der Waals surface area contributed by atoms with Crippen LogP contribution in [0.25, 0.3) is 0 Å². The molecule has 0 unspecified atom stereocenters. The zero-order valence-electron chi connectivity index (χ0n) is 15.5. The molecule has 3 fully saturated rings. The number of likely N-dealkylation sites (N-methyl/N-ethyl adjacent to an activating group) is 1. The van der Waals surface area contributed by atoms with Crippen molar-refractivity contribution in [3.63, 3.8) is 0 Å². The SMILES string of the molecule is CCN1C(=O)[C@@H](CC(C)C)NC12CCN(C(=O)C1CCCC1)CC2. The third-order valence-corrected chi connectivity index (χ3v) is 6.15. The maximum Gasteiger partial charge on any atom is 0.241 e. The van der Waals surface area contributed by atoms with Gasteiger partial charge in [0.1, 0.15) is 0 Å². The van der Waals surface area contributed by atoms with Crippen LogP contribution in [-0.4, -0.2) is 53.0 Å². The molecule has 1 N–H and O–H groups in total. The van der Waals surface area contributed by atoms with Gasteiger partial charge in [-0.2, -0.15) is 0 Å². The highest BCUT2D eigenvalue weighted by molar-refractivity contribution is 5.85. The highest BCUT2D eigenvalue weighted by atomic mass is 16.2. The van der Waals surface area contributed by atoms with E-state index in [1.807, 2.05) is 4.90 Å². The van der Waals surface area contributed by atoms with Crippen molar-refractivity contribution >= 4 is 11.8 Å². The number of amides is 2. The summed E-state index contributed by atoms with van der Waals surface area (Å²) in [6, 6.07) is -0.0537. The number of carbonyl (C=O) groups excluding carboxylic acids is 2. The number of carbonyl (C=O) groups is 2. The fourth-order valence-electron chi connectivity index (χ4n) is 4.89. The summed E-state index contributed by atoms with van der Waals surface area (Å²) in [6.45, 7) is 8.70. The molecule has 1 atom stereocenters. The van der Waals surface area contributed by atoms with Gasteiger partial charge in [-0.3, -0.25) is 14.9 Å². The monoisotopic (exact) mass is 335 g/mol. The van der Waals surface area contributed by atoms with Crippen LogP contribution in [0.2, 0.25) is 0 Å². The normalized spacial score (nSPS) is 27.7. The minimum absolute atomic E-state index is 0.0537. The summed E-state index contributed by atoms with van der Waals surface area (Å²) in [4.78, 5) is 29.5. The van der Waals surface area contributed by atoms with Gasteiger partial charge in [0, 0.05) is 38.4 Å². The number of piperidine rings is 1. The average molecular weight is 335 g/mol. The summed E-state index contributed by atoms with van der Waals surface area (Å²) in [6.07, 6.45) is 7.14. The standard InChI is InChI=1S/C19H33N3O2/c1-4-22-18(24)16(13-14(2)3)20-19(22)9-11-21(12-10-19)17(23)15-7-5-6-8-15/h14-16,20H,4-13H2,1-3H3/t16-/m1/s1. The van der Waals surface area contributed by atoms with Crippen LogP contribution in [0.5, 0.6) is 0 Å². The second-order valence-electron chi connectivity index (χ2n) is 8.25. The van der Waals surface area contributed by atoms with Crippen molar-refractivity contribution in [2.24, 2.45) is 11.8 Å². The molecule has 0 radical (unpaired) electrons. The summed E-state index contributed by atoms with van der Waals surface area (Å²) in [5.41, 5.74) is -0.224. The van der Waals surface area contributed by atoms with Crippen molar-refractivity contribution < 1.29 is 9.59 Å². The molecule has 2 heterocycles. The Bertz CT molecular complexity index is 477. The Morgan fingerprint density at radius 3 is 2.42 bits per heavy atom. The molecule has 3 rings (SSSR count). The first kappa shape index (κ1) is 17.7. The molecule has 136 valence electrons. The van der Waals surface area contributed by atoms with Crippen molar-refractivity contribution in [2.45, 2.75) is 77.4 Å². The minimum Gasteiger partial charge on any atom is -0.342 e. The number of rotatable bonds is 4. The van der Waals surface area contributed by atoms with Gasteiger partial charge in [0.05, 0.1) is 11.7 Å². The second-order valence-corrected chi connectivity index (χ2v) is 8.25.